The highest BCUT2D eigenvalue weighted by Crippen LogP contribution is 2.20. The lowest BCUT2D eigenvalue weighted by atomic mass is 10.0. The number of aromatic amines is 1. The first-order valence-corrected chi connectivity index (χ1v) is 10.1. The number of H-pyrrole nitrogens is 1. The van der Waals surface area contributed by atoms with E-state index in [0.29, 0.717) is 36.9 Å². The quantitative estimate of drug-likeness (QED) is 0.547. The molecule has 2 N–H and O–H groups in total. The van der Waals surface area contributed by atoms with E-state index in [2.05, 4.69) is 23.3 Å². The Balaban J connectivity index is 1.85. The maximum atomic E-state index is 12.7. The number of rotatable bonds is 7. The molecule has 2 heterocycles. The fourth-order valence-electron chi connectivity index (χ4n) is 3.66. The van der Waals surface area contributed by atoms with Gasteiger partial charge in [0.25, 0.3) is 5.56 Å². The van der Waals surface area contributed by atoms with E-state index in [9.17, 15) is 4.79 Å². The van der Waals surface area contributed by atoms with Gasteiger partial charge in [-0.1, -0.05) is 6.07 Å². The van der Waals surface area contributed by atoms with Gasteiger partial charge in [-0.3, -0.25) is 4.79 Å². The molecule has 0 bridgehead atoms. The molecule has 1 aliphatic heterocycles. The Bertz CT molecular complexity index is 890. The van der Waals surface area contributed by atoms with Crippen LogP contribution in [0, 0.1) is 13.8 Å². The zero-order chi connectivity index (χ0) is 20.1. The Morgan fingerprint density at radius 3 is 2.93 bits per heavy atom. The van der Waals surface area contributed by atoms with E-state index >= 15 is 0 Å². The molecule has 3 rings (SSSR count). The molecule has 0 unspecified atom stereocenters. The predicted octanol–water partition coefficient (Wildman–Crippen LogP) is 2.65. The number of hydrogen-bond acceptors (Lipinski definition) is 4. The van der Waals surface area contributed by atoms with Gasteiger partial charge >= 0.3 is 0 Å². The minimum Gasteiger partial charge on any atom is -0.383 e. The van der Waals surface area contributed by atoms with Gasteiger partial charge in [-0.15, -0.1) is 0 Å². The summed E-state index contributed by atoms with van der Waals surface area (Å²) in [5.74, 6) is 0. The van der Waals surface area contributed by atoms with Crippen molar-refractivity contribution in [2.24, 2.45) is 0 Å². The highest BCUT2D eigenvalue weighted by molar-refractivity contribution is 7.80. The molecule has 0 aliphatic carbocycles. The maximum Gasteiger partial charge on any atom is 0.253 e. The van der Waals surface area contributed by atoms with Gasteiger partial charge in [-0.2, -0.15) is 0 Å². The zero-order valence-corrected chi connectivity index (χ0v) is 17.7. The summed E-state index contributed by atoms with van der Waals surface area (Å²) < 4.78 is 10.9. The van der Waals surface area contributed by atoms with Gasteiger partial charge in [-0.05, 0) is 62.2 Å². The lowest BCUT2D eigenvalue weighted by molar-refractivity contribution is 0.0895. The molecule has 1 aromatic heterocycles. The van der Waals surface area contributed by atoms with E-state index in [1.165, 1.54) is 0 Å². The molecular formula is C21H29N3O3S. The number of aryl methyl sites for hydroxylation is 2. The van der Waals surface area contributed by atoms with Crippen molar-refractivity contribution < 1.29 is 9.47 Å². The first-order chi connectivity index (χ1) is 13.5. The van der Waals surface area contributed by atoms with Crippen molar-refractivity contribution >= 4 is 28.2 Å². The third-order valence-electron chi connectivity index (χ3n) is 5.07. The molecule has 2 aromatic rings. The van der Waals surface area contributed by atoms with Crippen LogP contribution >= 0.6 is 12.2 Å². The van der Waals surface area contributed by atoms with Crippen molar-refractivity contribution in [1.29, 1.82) is 0 Å². The lowest BCUT2D eigenvalue weighted by Crippen LogP contribution is -2.44. The maximum absolute atomic E-state index is 12.7. The van der Waals surface area contributed by atoms with Crippen molar-refractivity contribution in [1.82, 2.24) is 15.2 Å². The van der Waals surface area contributed by atoms with Crippen LogP contribution in [0.25, 0.3) is 10.9 Å². The Morgan fingerprint density at radius 1 is 1.39 bits per heavy atom. The van der Waals surface area contributed by atoms with Gasteiger partial charge < -0.3 is 24.7 Å². The van der Waals surface area contributed by atoms with Gasteiger partial charge in [0.2, 0.25) is 0 Å². The van der Waals surface area contributed by atoms with Crippen molar-refractivity contribution in [3.05, 3.63) is 45.2 Å². The van der Waals surface area contributed by atoms with E-state index in [-0.39, 0.29) is 11.7 Å². The van der Waals surface area contributed by atoms with Gasteiger partial charge in [0.1, 0.15) is 0 Å². The van der Waals surface area contributed by atoms with E-state index in [4.69, 9.17) is 21.7 Å². The monoisotopic (exact) mass is 403 g/mol. The first-order valence-electron chi connectivity index (χ1n) is 9.74. The molecule has 0 saturated carbocycles. The predicted molar refractivity (Wildman–Crippen MR) is 116 cm³/mol. The number of nitrogens with one attached hydrogen (secondary N) is 2. The number of hydrogen-bond donors (Lipinski definition) is 2. The number of aromatic nitrogens is 1. The largest absolute Gasteiger partial charge is 0.383 e. The van der Waals surface area contributed by atoms with Gasteiger partial charge in [0.05, 0.1) is 19.3 Å². The summed E-state index contributed by atoms with van der Waals surface area (Å²) in [6.07, 6.45) is 2.23. The van der Waals surface area contributed by atoms with E-state index in [1.54, 1.807) is 7.11 Å². The number of methoxy groups -OCH3 is 1. The summed E-state index contributed by atoms with van der Waals surface area (Å²) >= 11 is 5.60. The third-order valence-corrected chi connectivity index (χ3v) is 5.47. The second-order valence-electron chi connectivity index (χ2n) is 7.41. The Labute approximate surface area is 171 Å². The second-order valence-corrected chi connectivity index (χ2v) is 7.79. The summed E-state index contributed by atoms with van der Waals surface area (Å²) in [5.41, 5.74) is 3.79. The molecule has 1 aliphatic rings. The van der Waals surface area contributed by atoms with E-state index < -0.39 is 0 Å². The number of benzene rings is 1. The van der Waals surface area contributed by atoms with Crippen molar-refractivity contribution in [2.45, 2.75) is 39.3 Å². The molecule has 0 amide bonds. The number of nitrogens with zero attached hydrogens (tertiary/aromatic N) is 1. The molecule has 1 aromatic carbocycles. The molecular weight excluding hydrogens is 374 g/mol. The number of pyridine rings is 1. The topological polar surface area (TPSA) is 66.6 Å². The molecule has 1 atom stereocenters. The molecule has 6 nitrogen and oxygen atoms in total. The average Bonchev–Trinajstić information content (AvgIpc) is 3.15. The fraction of sp³-hybridized carbons (Fsp3) is 0.524. The fourth-order valence-corrected chi connectivity index (χ4v) is 3.91. The number of ether oxygens (including phenoxy) is 2. The Morgan fingerprint density at radius 2 is 2.21 bits per heavy atom. The zero-order valence-electron chi connectivity index (χ0n) is 16.8. The Hall–Kier alpha value is -1.96. The molecule has 152 valence electrons. The van der Waals surface area contributed by atoms with E-state index in [0.717, 1.165) is 41.5 Å². The van der Waals surface area contributed by atoms with Crippen molar-refractivity contribution in [3.8, 4) is 0 Å². The lowest BCUT2D eigenvalue weighted by Gasteiger charge is -2.28. The van der Waals surface area contributed by atoms with Crippen LogP contribution in [0.1, 0.15) is 29.5 Å². The summed E-state index contributed by atoms with van der Waals surface area (Å²) in [5, 5.41) is 4.90. The average molecular weight is 404 g/mol. The standard InChI is InChI=1S/C21H29N3O3S/c1-14-9-15(2)18-11-16(20(25)23-19(18)10-14)12-24(13-17-5-4-7-27-17)21(28)22-6-8-26-3/h9-11,17H,4-8,12-13H2,1-3H3,(H,22,28)(H,23,25)/t17-/m0/s1. The molecule has 0 spiro atoms. The molecule has 0 radical (unpaired) electrons. The first kappa shape index (κ1) is 20.8. The molecule has 1 fully saturated rings. The van der Waals surface area contributed by atoms with Crippen molar-refractivity contribution in [2.75, 3.05) is 33.4 Å². The van der Waals surface area contributed by atoms with Crippen molar-refractivity contribution in [3.63, 3.8) is 0 Å². The molecule has 1 saturated heterocycles. The van der Waals surface area contributed by atoms with E-state index in [1.807, 2.05) is 24.0 Å². The van der Waals surface area contributed by atoms with Gasteiger partial charge in [-0.25, -0.2) is 0 Å². The van der Waals surface area contributed by atoms with Crippen LogP contribution in [0.5, 0.6) is 0 Å². The second kappa shape index (κ2) is 9.49. The third kappa shape index (κ3) is 5.10. The SMILES string of the molecule is COCCNC(=S)N(Cc1cc2c(C)cc(C)cc2[nH]c1=O)C[C@@H]1CCCO1. The highest BCUT2D eigenvalue weighted by atomic mass is 32.1. The summed E-state index contributed by atoms with van der Waals surface area (Å²) in [6.45, 7) is 7.20. The number of thiocarbonyl (C=S) groups is 1. The molecule has 7 heteroatoms. The van der Waals surface area contributed by atoms with Gasteiger partial charge in [0, 0.05) is 43.3 Å². The summed E-state index contributed by atoms with van der Waals surface area (Å²) in [4.78, 5) is 17.8. The minimum atomic E-state index is -0.0745. The van der Waals surface area contributed by atoms with Crippen LogP contribution in [0.4, 0.5) is 0 Å². The van der Waals surface area contributed by atoms with Crippen LogP contribution in [-0.2, 0) is 16.0 Å². The Kier molecular flexibility index (Phi) is 7.04. The summed E-state index contributed by atoms with van der Waals surface area (Å²) in [6, 6.07) is 6.13. The van der Waals surface area contributed by atoms with Crippen LogP contribution in [-0.4, -0.2) is 54.5 Å². The minimum absolute atomic E-state index is 0.0745. The smallest absolute Gasteiger partial charge is 0.253 e. The van der Waals surface area contributed by atoms with Crippen LogP contribution in [0.2, 0.25) is 0 Å². The molecule has 28 heavy (non-hydrogen) atoms. The highest BCUT2D eigenvalue weighted by Gasteiger charge is 2.22. The summed E-state index contributed by atoms with van der Waals surface area (Å²) in [7, 11) is 1.66. The van der Waals surface area contributed by atoms with Crippen LogP contribution in [0.3, 0.4) is 0 Å². The van der Waals surface area contributed by atoms with Gasteiger partial charge in [0.15, 0.2) is 5.11 Å². The number of fused-ring (bicyclic) bond motifs is 1. The van der Waals surface area contributed by atoms with Crippen LogP contribution < -0.4 is 10.9 Å². The van der Waals surface area contributed by atoms with Crippen LogP contribution in [0.15, 0.2) is 23.0 Å². The normalized spacial score (nSPS) is 16.5.